The molecule has 0 aromatic rings. The molecule has 1 aliphatic heterocycles. The molecular weight excluding hydrogens is 238 g/mol. The van der Waals surface area contributed by atoms with Crippen LogP contribution in [0.2, 0.25) is 0 Å². The SMILES string of the molecule is O=C1NC2CCC(Br)CC2C(=O)O1. The number of carbonyl (C=O) groups excluding carboxylic acids is 2. The van der Waals surface area contributed by atoms with Gasteiger partial charge in [0.05, 0.1) is 5.92 Å². The molecule has 1 saturated carbocycles. The van der Waals surface area contributed by atoms with Crippen LogP contribution in [0, 0.1) is 5.92 Å². The molecule has 72 valence electrons. The second-order valence-corrected chi connectivity index (χ2v) is 4.77. The summed E-state index contributed by atoms with van der Waals surface area (Å²) >= 11 is 3.47. The van der Waals surface area contributed by atoms with Gasteiger partial charge in [-0.25, -0.2) is 4.79 Å². The number of rotatable bonds is 0. The van der Waals surface area contributed by atoms with E-state index >= 15 is 0 Å². The first-order valence-electron chi connectivity index (χ1n) is 4.33. The molecule has 4 nitrogen and oxygen atoms in total. The van der Waals surface area contributed by atoms with E-state index in [0.717, 1.165) is 19.3 Å². The van der Waals surface area contributed by atoms with Gasteiger partial charge in [0.25, 0.3) is 0 Å². The number of nitrogens with one attached hydrogen (secondary N) is 1. The van der Waals surface area contributed by atoms with E-state index in [1.807, 2.05) is 0 Å². The summed E-state index contributed by atoms with van der Waals surface area (Å²) in [7, 11) is 0. The lowest BCUT2D eigenvalue weighted by atomic mass is 9.84. The summed E-state index contributed by atoms with van der Waals surface area (Å²) in [6, 6.07) is -0.0115. The lowest BCUT2D eigenvalue weighted by Crippen LogP contribution is -2.53. The molecule has 2 aliphatic rings. The van der Waals surface area contributed by atoms with Gasteiger partial charge >= 0.3 is 12.1 Å². The molecule has 1 heterocycles. The standard InChI is InChI=1S/C8H10BrNO3/c9-4-1-2-6-5(3-4)7(11)13-8(12)10-6/h4-6H,1-3H2,(H,10,12). The Labute approximate surface area is 84.1 Å². The fourth-order valence-electron chi connectivity index (χ4n) is 1.90. The number of halogens is 1. The van der Waals surface area contributed by atoms with E-state index < -0.39 is 6.09 Å². The van der Waals surface area contributed by atoms with Gasteiger partial charge in [-0.3, -0.25) is 4.79 Å². The summed E-state index contributed by atoms with van der Waals surface area (Å²) in [4.78, 5) is 22.5. The number of fused-ring (bicyclic) bond motifs is 1. The fraction of sp³-hybridized carbons (Fsp3) is 0.750. The minimum Gasteiger partial charge on any atom is -0.376 e. The van der Waals surface area contributed by atoms with Gasteiger partial charge in [-0.2, -0.15) is 0 Å². The molecule has 0 aromatic carbocycles. The average molecular weight is 248 g/mol. The number of alkyl halides is 1. The predicted octanol–water partition coefficient (Wildman–Crippen LogP) is 1.18. The molecule has 5 heteroatoms. The lowest BCUT2D eigenvalue weighted by Gasteiger charge is -2.35. The van der Waals surface area contributed by atoms with E-state index in [1.54, 1.807) is 0 Å². The molecule has 2 rings (SSSR count). The first-order chi connectivity index (χ1) is 6.16. The van der Waals surface area contributed by atoms with E-state index in [9.17, 15) is 9.59 Å². The first-order valence-corrected chi connectivity index (χ1v) is 5.24. The molecule has 1 saturated heterocycles. The summed E-state index contributed by atoms with van der Waals surface area (Å²) in [6.07, 6.45) is 2.00. The Hall–Kier alpha value is -0.580. The largest absolute Gasteiger partial charge is 0.415 e. The third kappa shape index (κ3) is 1.70. The zero-order valence-corrected chi connectivity index (χ0v) is 8.54. The second-order valence-electron chi connectivity index (χ2n) is 3.48. The first kappa shape index (κ1) is 8.99. The highest BCUT2D eigenvalue weighted by Crippen LogP contribution is 2.31. The third-order valence-corrected chi connectivity index (χ3v) is 3.42. The Balaban J connectivity index is 2.11. The smallest absolute Gasteiger partial charge is 0.376 e. The van der Waals surface area contributed by atoms with Crippen LogP contribution in [0.5, 0.6) is 0 Å². The molecule has 2 fully saturated rings. The summed E-state index contributed by atoms with van der Waals surface area (Å²) in [5.74, 6) is -0.534. The van der Waals surface area contributed by atoms with Crippen molar-refractivity contribution in [3.63, 3.8) is 0 Å². The van der Waals surface area contributed by atoms with Crippen LogP contribution in [0.25, 0.3) is 0 Å². The zero-order valence-electron chi connectivity index (χ0n) is 6.96. The van der Waals surface area contributed by atoms with Crippen LogP contribution >= 0.6 is 15.9 Å². The van der Waals surface area contributed by atoms with Crippen molar-refractivity contribution < 1.29 is 14.3 Å². The zero-order chi connectivity index (χ0) is 9.42. The number of ether oxygens (including phenoxy) is 1. The van der Waals surface area contributed by atoms with Crippen LogP contribution in [0.15, 0.2) is 0 Å². The molecule has 13 heavy (non-hydrogen) atoms. The molecular formula is C8H10BrNO3. The molecule has 1 N–H and O–H groups in total. The van der Waals surface area contributed by atoms with Gasteiger partial charge in [-0.15, -0.1) is 0 Å². The number of hydrogen-bond donors (Lipinski definition) is 1. The van der Waals surface area contributed by atoms with Crippen LogP contribution in [0.1, 0.15) is 19.3 Å². The van der Waals surface area contributed by atoms with E-state index in [-0.39, 0.29) is 17.9 Å². The summed E-state index contributed by atoms with van der Waals surface area (Å²) in [5, 5.41) is 2.67. The molecule has 3 atom stereocenters. The van der Waals surface area contributed by atoms with Crippen molar-refractivity contribution in [3.05, 3.63) is 0 Å². The lowest BCUT2D eigenvalue weighted by molar-refractivity contribution is -0.146. The van der Waals surface area contributed by atoms with E-state index in [0.29, 0.717) is 4.83 Å². The molecule has 0 spiro atoms. The van der Waals surface area contributed by atoms with Crippen molar-refractivity contribution in [2.45, 2.75) is 30.1 Å². The molecule has 0 radical (unpaired) electrons. The van der Waals surface area contributed by atoms with Crippen LogP contribution in [-0.4, -0.2) is 22.9 Å². The number of esters is 1. The Morgan fingerprint density at radius 2 is 2.15 bits per heavy atom. The maximum Gasteiger partial charge on any atom is 0.415 e. The topological polar surface area (TPSA) is 55.4 Å². The van der Waals surface area contributed by atoms with Crippen molar-refractivity contribution in [3.8, 4) is 0 Å². The maximum atomic E-state index is 11.3. The van der Waals surface area contributed by atoms with Gasteiger partial charge in [0.15, 0.2) is 0 Å². The molecule has 1 aliphatic carbocycles. The van der Waals surface area contributed by atoms with Crippen LogP contribution in [-0.2, 0) is 9.53 Å². The van der Waals surface area contributed by atoms with Gasteiger partial charge in [0.2, 0.25) is 0 Å². The number of amides is 1. The monoisotopic (exact) mass is 247 g/mol. The minimum absolute atomic E-state index is 0.0115. The maximum absolute atomic E-state index is 11.3. The van der Waals surface area contributed by atoms with Crippen LogP contribution < -0.4 is 5.32 Å². The quantitative estimate of drug-likeness (QED) is 0.398. The normalized spacial score (nSPS) is 39.0. The molecule has 0 aromatic heterocycles. The molecule has 3 unspecified atom stereocenters. The Bertz CT molecular complexity index is 256. The average Bonchev–Trinajstić information content (AvgIpc) is 2.06. The number of cyclic esters (lactones) is 2. The summed E-state index contributed by atoms with van der Waals surface area (Å²) in [5.41, 5.74) is 0. The van der Waals surface area contributed by atoms with E-state index in [2.05, 4.69) is 26.0 Å². The third-order valence-electron chi connectivity index (χ3n) is 2.59. The van der Waals surface area contributed by atoms with Crippen molar-refractivity contribution in [2.75, 3.05) is 0 Å². The highest BCUT2D eigenvalue weighted by Gasteiger charge is 2.41. The fourth-order valence-corrected chi connectivity index (χ4v) is 2.57. The van der Waals surface area contributed by atoms with E-state index in [4.69, 9.17) is 0 Å². The van der Waals surface area contributed by atoms with Crippen molar-refractivity contribution in [1.29, 1.82) is 0 Å². The van der Waals surface area contributed by atoms with Crippen LogP contribution in [0.4, 0.5) is 4.79 Å². The molecule has 1 amide bonds. The number of hydrogen-bond acceptors (Lipinski definition) is 3. The highest BCUT2D eigenvalue weighted by molar-refractivity contribution is 9.09. The van der Waals surface area contributed by atoms with Gasteiger partial charge < -0.3 is 10.1 Å². The molecule has 0 bridgehead atoms. The highest BCUT2D eigenvalue weighted by atomic mass is 79.9. The Morgan fingerprint density at radius 1 is 1.38 bits per heavy atom. The van der Waals surface area contributed by atoms with Gasteiger partial charge in [0.1, 0.15) is 0 Å². The van der Waals surface area contributed by atoms with Crippen molar-refractivity contribution >= 4 is 28.0 Å². The van der Waals surface area contributed by atoms with Crippen LogP contribution in [0.3, 0.4) is 0 Å². The number of carbonyl (C=O) groups is 2. The minimum atomic E-state index is -0.598. The van der Waals surface area contributed by atoms with Gasteiger partial charge in [-0.05, 0) is 19.3 Å². The van der Waals surface area contributed by atoms with Crippen molar-refractivity contribution in [2.24, 2.45) is 5.92 Å². The van der Waals surface area contributed by atoms with E-state index in [1.165, 1.54) is 0 Å². The Kier molecular flexibility index (Phi) is 2.27. The number of alkyl carbamates (subject to hydrolysis) is 1. The van der Waals surface area contributed by atoms with Gasteiger partial charge in [0, 0.05) is 10.9 Å². The van der Waals surface area contributed by atoms with Crippen molar-refractivity contribution in [1.82, 2.24) is 5.32 Å². The second kappa shape index (κ2) is 3.29. The predicted molar refractivity (Wildman–Crippen MR) is 48.5 cm³/mol. The Morgan fingerprint density at radius 3 is 2.92 bits per heavy atom. The summed E-state index contributed by atoms with van der Waals surface area (Å²) < 4.78 is 4.49. The van der Waals surface area contributed by atoms with Gasteiger partial charge in [-0.1, -0.05) is 15.9 Å². The summed E-state index contributed by atoms with van der Waals surface area (Å²) in [6.45, 7) is 0.